The Morgan fingerprint density at radius 2 is 2.11 bits per heavy atom. The van der Waals surface area contributed by atoms with Gasteiger partial charge in [-0.1, -0.05) is 6.92 Å². The highest BCUT2D eigenvalue weighted by atomic mass is 16.2. The number of carbonyl (C=O) groups excluding carboxylic acids is 2. The minimum Gasteiger partial charge on any atom is -0.358 e. The largest absolute Gasteiger partial charge is 0.358 e. The van der Waals surface area contributed by atoms with Crippen molar-refractivity contribution in [1.82, 2.24) is 25.4 Å². The Morgan fingerprint density at radius 1 is 1.39 bits per heavy atom. The topological polar surface area (TPSA) is 91.0 Å². The summed E-state index contributed by atoms with van der Waals surface area (Å²) in [6, 6.07) is 0. The van der Waals surface area contributed by atoms with Crippen LogP contribution < -0.4 is 5.32 Å². The normalized spacial score (nSPS) is 10.2. The molecule has 7 nitrogen and oxygen atoms in total. The second-order valence-corrected chi connectivity index (χ2v) is 3.85. The maximum absolute atomic E-state index is 12.0. The summed E-state index contributed by atoms with van der Waals surface area (Å²) in [6.07, 6.45) is 1.68. The Balaban J connectivity index is 2.73. The molecule has 0 unspecified atom stereocenters. The highest BCUT2D eigenvalue weighted by Crippen LogP contribution is 2.01. The average molecular weight is 253 g/mol. The van der Waals surface area contributed by atoms with E-state index in [0.29, 0.717) is 12.4 Å². The van der Waals surface area contributed by atoms with Crippen LogP contribution in [0, 0.1) is 0 Å². The summed E-state index contributed by atoms with van der Waals surface area (Å²) in [5.41, 5.74) is 0. The minimum absolute atomic E-state index is 0.0173. The number of H-pyrrole nitrogens is 1. The molecule has 1 heterocycles. The van der Waals surface area contributed by atoms with Crippen molar-refractivity contribution in [3.05, 3.63) is 11.6 Å². The Hall–Kier alpha value is -1.92. The van der Waals surface area contributed by atoms with Gasteiger partial charge in [-0.2, -0.15) is 0 Å². The van der Waals surface area contributed by atoms with Gasteiger partial charge in [0.1, 0.15) is 5.82 Å². The summed E-state index contributed by atoms with van der Waals surface area (Å²) in [6.45, 7) is 4.28. The first-order chi connectivity index (χ1) is 8.62. The van der Waals surface area contributed by atoms with Gasteiger partial charge in [0.25, 0.3) is 5.91 Å². The van der Waals surface area contributed by atoms with Crippen LogP contribution in [-0.4, -0.2) is 52.0 Å². The molecule has 18 heavy (non-hydrogen) atoms. The van der Waals surface area contributed by atoms with Gasteiger partial charge in [-0.15, -0.1) is 5.10 Å². The van der Waals surface area contributed by atoms with Crippen molar-refractivity contribution in [2.45, 2.75) is 26.7 Å². The van der Waals surface area contributed by atoms with Gasteiger partial charge >= 0.3 is 0 Å². The Labute approximate surface area is 106 Å². The molecule has 0 aromatic carbocycles. The molecule has 100 valence electrons. The first-order valence-corrected chi connectivity index (χ1v) is 6.03. The van der Waals surface area contributed by atoms with Gasteiger partial charge in [0.05, 0.1) is 6.54 Å². The SMILES string of the molecule is CCCc1nc(C(=O)N(CC)CC(=O)NC)n[nH]1. The van der Waals surface area contributed by atoms with E-state index in [9.17, 15) is 9.59 Å². The van der Waals surface area contributed by atoms with E-state index >= 15 is 0 Å². The van der Waals surface area contributed by atoms with E-state index in [1.54, 1.807) is 6.92 Å². The van der Waals surface area contributed by atoms with Crippen molar-refractivity contribution in [3.63, 3.8) is 0 Å². The zero-order valence-corrected chi connectivity index (χ0v) is 11.0. The van der Waals surface area contributed by atoms with Crippen LogP contribution in [0.5, 0.6) is 0 Å². The van der Waals surface area contributed by atoms with Crippen LogP contribution in [-0.2, 0) is 11.2 Å². The number of likely N-dealkylation sites (N-methyl/N-ethyl adjacent to an activating group) is 2. The molecule has 0 bridgehead atoms. The third-order valence-corrected chi connectivity index (χ3v) is 2.49. The van der Waals surface area contributed by atoms with Gasteiger partial charge in [-0.25, -0.2) is 4.98 Å². The third-order valence-electron chi connectivity index (χ3n) is 2.49. The number of hydrogen-bond donors (Lipinski definition) is 2. The Bertz CT molecular complexity index is 415. The van der Waals surface area contributed by atoms with Crippen LogP contribution in [0.4, 0.5) is 0 Å². The van der Waals surface area contributed by atoms with Crippen molar-refractivity contribution in [3.8, 4) is 0 Å². The lowest BCUT2D eigenvalue weighted by atomic mass is 10.3. The molecule has 0 fully saturated rings. The average Bonchev–Trinajstić information content (AvgIpc) is 2.83. The molecule has 0 saturated carbocycles. The summed E-state index contributed by atoms with van der Waals surface area (Å²) >= 11 is 0. The van der Waals surface area contributed by atoms with E-state index in [0.717, 1.165) is 12.8 Å². The molecule has 0 radical (unpaired) electrons. The second kappa shape index (κ2) is 6.73. The molecule has 0 aliphatic rings. The van der Waals surface area contributed by atoms with Gasteiger partial charge in [-0.3, -0.25) is 14.7 Å². The van der Waals surface area contributed by atoms with E-state index < -0.39 is 0 Å². The highest BCUT2D eigenvalue weighted by molar-refractivity contribution is 5.93. The fraction of sp³-hybridized carbons (Fsp3) is 0.636. The number of nitrogens with one attached hydrogen (secondary N) is 2. The molecular formula is C11H19N5O2. The number of carbonyl (C=O) groups is 2. The second-order valence-electron chi connectivity index (χ2n) is 3.85. The van der Waals surface area contributed by atoms with Crippen LogP contribution in [0.15, 0.2) is 0 Å². The van der Waals surface area contributed by atoms with E-state index in [1.807, 2.05) is 6.92 Å². The Kier molecular flexibility index (Phi) is 5.29. The number of aryl methyl sites for hydroxylation is 1. The number of aromatic nitrogens is 3. The lowest BCUT2D eigenvalue weighted by Crippen LogP contribution is -2.39. The van der Waals surface area contributed by atoms with E-state index in [4.69, 9.17) is 0 Å². The van der Waals surface area contributed by atoms with Crippen LogP contribution in [0.3, 0.4) is 0 Å². The molecule has 1 aromatic rings. The monoisotopic (exact) mass is 253 g/mol. The summed E-state index contributed by atoms with van der Waals surface area (Å²) in [5.74, 6) is 0.260. The van der Waals surface area contributed by atoms with E-state index in [1.165, 1.54) is 11.9 Å². The van der Waals surface area contributed by atoms with Crippen molar-refractivity contribution < 1.29 is 9.59 Å². The van der Waals surface area contributed by atoms with Crippen LogP contribution in [0.2, 0.25) is 0 Å². The van der Waals surface area contributed by atoms with Crippen molar-refractivity contribution in [2.24, 2.45) is 0 Å². The third kappa shape index (κ3) is 3.54. The van der Waals surface area contributed by atoms with Crippen LogP contribution in [0.1, 0.15) is 36.7 Å². The van der Waals surface area contributed by atoms with E-state index in [2.05, 4.69) is 20.5 Å². The maximum atomic E-state index is 12.0. The molecule has 0 aliphatic heterocycles. The van der Waals surface area contributed by atoms with Crippen molar-refractivity contribution in [1.29, 1.82) is 0 Å². The molecule has 1 rings (SSSR count). The van der Waals surface area contributed by atoms with Gasteiger partial charge in [0, 0.05) is 20.0 Å². The zero-order valence-electron chi connectivity index (χ0n) is 11.0. The van der Waals surface area contributed by atoms with Gasteiger partial charge < -0.3 is 10.2 Å². The fourth-order valence-electron chi connectivity index (χ4n) is 1.46. The first-order valence-electron chi connectivity index (χ1n) is 6.03. The highest BCUT2D eigenvalue weighted by Gasteiger charge is 2.20. The molecule has 1 aromatic heterocycles. The lowest BCUT2D eigenvalue weighted by Gasteiger charge is -2.17. The predicted octanol–water partition coefficient (Wildman–Crippen LogP) is -0.0347. The molecule has 2 amide bonds. The van der Waals surface area contributed by atoms with Crippen molar-refractivity contribution in [2.75, 3.05) is 20.1 Å². The lowest BCUT2D eigenvalue weighted by molar-refractivity contribution is -0.121. The van der Waals surface area contributed by atoms with Crippen molar-refractivity contribution >= 4 is 11.8 Å². The molecule has 0 saturated heterocycles. The first kappa shape index (κ1) is 14.1. The maximum Gasteiger partial charge on any atom is 0.293 e. The quantitative estimate of drug-likeness (QED) is 0.744. The molecule has 0 aliphatic carbocycles. The van der Waals surface area contributed by atoms with Crippen LogP contribution >= 0.6 is 0 Å². The van der Waals surface area contributed by atoms with Gasteiger partial charge in [0.2, 0.25) is 11.7 Å². The molecule has 0 atom stereocenters. The standard InChI is InChI=1S/C11H19N5O2/c1-4-6-8-13-10(15-14-8)11(18)16(5-2)7-9(17)12-3/h4-7H2,1-3H3,(H,12,17)(H,13,14,15). The zero-order chi connectivity index (χ0) is 13.5. The molecule has 0 spiro atoms. The molecular weight excluding hydrogens is 234 g/mol. The molecule has 2 N–H and O–H groups in total. The number of amides is 2. The smallest absolute Gasteiger partial charge is 0.293 e. The number of hydrogen-bond acceptors (Lipinski definition) is 4. The molecule has 7 heteroatoms. The number of nitrogens with zero attached hydrogens (tertiary/aromatic N) is 3. The summed E-state index contributed by atoms with van der Waals surface area (Å²) in [7, 11) is 1.53. The van der Waals surface area contributed by atoms with Crippen LogP contribution in [0.25, 0.3) is 0 Å². The number of rotatable bonds is 6. The number of aromatic amines is 1. The summed E-state index contributed by atoms with van der Waals surface area (Å²) in [5, 5.41) is 9.08. The fourth-order valence-corrected chi connectivity index (χ4v) is 1.46. The predicted molar refractivity (Wildman–Crippen MR) is 66.0 cm³/mol. The summed E-state index contributed by atoms with van der Waals surface area (Å²) < 4.78 is 0. The van der Waals surface area contributed by atoms with Gasteiger partial charge in [-0.05, 0) is 13.3 Å². The van der Waals surface area contributed by atoms with Gasteiger partial charge in [0.15, 0.2) is 0 Å². The minimum atomic E-state index is -0.334. The Morgan fingerprint density at radius 3 is 2.67 bits per heavy atom. The van der Waals surface area contributed by atoms with E-state index in [-0.39, 0.29) is 24.2 Å². The summed E-state index contributed by atoms with van der Waals surface area (Å²) in [4.78, 5) is 28.8.